The highest BCUT2D eigenvalue weighted by molar-refractivity contribution is 5.96. The Kier molecular flexibility index (Phi) is 9.79. The van der Waals surface area contributed by atoms with Crippen LogP contribution >= 0.6 is 0 Å². The van der Waals surface area contributed by atoms with Gasteiger partial charge in [0.2, 0.25) is 11.8 Å². The number of methoxy groups -OCH3 is 1. The minimum Gasteiger partial charge on any atom is -0.490 e. The Morgan fingerprint density at radius 2 is 1.92 bits per heavy atom. The summed E-state index contributed by atoms with van der Waals surface area (Å²) in [7, 11) is 1.63. The summed E-state index contributed by atoms with van der Waals surface area (Å²) in [6, 6.07) is 7.51. The molecule has 1 atom stereocenters. The molecule has 0 saturated heterocycles. The average molecular weight is 529 g/mol. The van der Waals surface area contributed by atoms with Gasteiger partial charge in [-0.05, 0) is 55.5 Å². The zero-order valence-electron chi connectivity index (χ0n) is 22.5. The molecule has 0 amide bonds. The number of hydrazone groups is 1. The topological polar surface area (TPSA) is 129 Å². The number of aryl methyl sites for hydroxylation is 2. The van der Waals surface area contributed by atoms with Gasteiger partial charge in [-0.2, -0.15) is 0 Å². The van der Waals surface area contributed by atoms with Crippen molar-refractivity contribution in [1.29, 1.82) is 0 Å². The van der Waals surface area contributed by atoms with Gasteiger partial charge in [0.05, 0.1) is 32.1 Å². The van der Waals surface area contributed by atoms with Crippen LogP contribution in [0.4, 0.5) is 5.69 Å². The number of pyridine rings is 1. The first-order valence-electron chi connectivity index (χ1n) is 13.4. The van der Waals surface area contributed by atoms with E-state index >= 15 is 0 Å². The minimum atomic E-state index is -0.787. The van der Waals surface area contributed by atoms with Crippen molar-refractivity contribution < 1.29 is 29.5 Å². The molecule has 0 radical (unpaired) electrons. The maximum absolute atomic E-state index is 10.3. The van der Waals surface area contributed by atoms with Crippen molar-refractivity contribution in [2.45, 2.75) is 64.0 Å². The molecule has 208 valence electrons. The minimum absolute atomic E-state index is 0.0894. The van der Waals surface area contributed by atoms with E-state index in [4.69, 9.17) is 29.5 Å². The maximum Gasteiger partial charge on any atom is 0.240 e. The monoisotopic (exact) mass is 528 g/mol. The van der Waals surface area contributed by atoms with Crippen LogP contribution in [0.15, 0.2) is 29.4 Å². The molecule has 10 heteroatoms. The van der Waals surface area contributed by atoms with Gasteiger partial charge in [0.15, 0.2) is 6.73 Å². The second-order valence-electron chi connectivity index (χ2n) is 9.92. The van der Waals surface area contributed by atoms with Crippen molar-refractivity contribution in [1.82, 2.24) is 10.3 Å². The Labute approximate surface area is 224 Å². The highest BCUT2D eigenvalue weighted by Crippen LogP contribution is 2.35. The van der Waals surface area contributed by atoms with E-state index in [2.05, 4.69) is 23.3 Å². The lowest BCUT2D eigenvalue weighted by Gasteiger charge is -2.21. The van der Waals surface area contributed by atoms with Crippen molar-refractivity contribution in [3.05, 3.63) is 46.6 Å². The number of hydrogen-bond donors (Lipinski definition) is 4. The maximum atomic E-state index is 10.3. The predicted octanol–water partition coefficient (Wildman–Crippen LogP) is 2.46. The van der Waals surface area contributed by atoms with Crippen LogP contribution in [-0.4, -0.2) is 78.6 Å². The number of nitrogens with one attached hydrogen (secondary N) is 1. The van der Waals surface area contributed by atoms with Gasteiger partial charge in [0.1, 0.15) is 18.5 Å². The molecule has 0 bridgehead atoms. The lowest BCUT2D eigenvalue weighted by molar-refractivity contribution is 0.0923. The molecule has 2 aromatic rings. The Morgan fingerprint density at radius 3 is 2.61 bits per heavy atom. The van der Waals surface area contributed by atoms with E-state index in [-0.39, 0.29) is 26.4 Å². The number of hydrogen-bond acceptors (Lipinski definition) is 10. The highest BCUT2D eigenvalue weighted by atomic mass is 16.5. The van der Waals surface area contributed by atoms with Crippen molar-refractivity contribution in [3.63, 3.8) is 0 Å². The second-order valence-corrected chi connectivity index (χ2v) is 9.92. The van der Waals surface area contributed by atoms with Gasteiger partial charge in [-0.25, -0.2) is 9.99 Å². The van der Waals surface area contributed by atoms with E-state index in [9.17, 15) is 5.11 Å². The van der Waals surface area contributed by atoms with Crippen LogP contribution in [0.25, 0.3) is 0 Å². The lowest BCUT2D eigenvalue weighted by atomic mass is 10.0. The van der Waals surface area contributed by atoms with Crippen LogP contribution in [0, 0.1) is 6.92 Å². The van der Waals surface area contributed by atoms with Crippen molar-refractivity contribution in [2.24, 2.45) is 5.10 Å². The summed E-state index contributed by atoms with van der Waals surface area (Å²) < 4.78 is 17.5. The molecule has 2 heterocycles. The molecule has 4 rings (SSSR count). The van der Waals surface area contributed by atoms with E-state index < -0.39 is 12.1 Å². The molecule has 1 aliphatic heterocycles. The molecular formula is C28H40N4O6. The summed E-state index contributed by atoms with van der Waals surface area (Å²) in [5, 5.41) is 38.1. The van der Waals surface area contributed by atoms with Gasteiger partial charge in [0.25, 0.3) is 0 Å². The molecule has 1 aromatic heterocycles. The van der Waals surface area contributed by atoms with Gasteiger partial charge in [-0.1, -0.05) is 19.8 Å². The van der Waals surface area contributed by atoms with Crippen LogP contribution in [0.3, 0.4) is 0 Å². The summed E-state index contributed by atoms with van der Waals surface area (Å²) in [6.45, 7) is 4.21. The summed E-state index contributed by atoms with van der Waals surface area (Å²) >= 11 is 0. The molecule has 38 heavy (non-hydrogen) atoms. The first kappa shape index (κ1) is 28.1. The number of aromatic nitrogens is 1. The fourth-order valence-corrected chi connectivity index (χ4v) is 4.92. The van der Waals surface area contributed by atoms with Crippen LogP contribution in [0.2, 0.25) is 0 Å². The molecule has 0 unspecified atom stereocenters. The molecule has 0 spiro atoms. The summed E-state index contributed by atoms with van der Waals surface area (Å²) in [5.74, 6) is 2.30. The Morgan fingerprint density at radius 1 is 1.16 bits per heavy atom. The Bertz CT molecular complexity index is 1100. The third-order valence-electron chi connectivity index (χ3n) is 7.10. The molecule has 2 aliphatic rings. The van der Waals surface area contributed by atoms with Crippen LogP contribution in [0.1, 0.15) is 60.9 Å². The van der Waals surface area contributed by atoms with Gasteiger partial charge < -0.3 is 34.8 Å². The standard InChI is InChI=1S/C28H40N4O6/c1-4-19-10-23(9-18(2)27(19)37-16-24(35)13-29-22(14-33)15-34)32-17-38-28(31-32)21-11-25(20-7-5-6-8-20)30-26(12-21)36-3/h9-12,20,22,24,29,33-35H,4-8,13-17H2,1-3H3/t24-/m0/s1. The van der Waals surface area contributed by atoms with Crippen LogP contribution < -0.4 is 19.8 Å². The molecular weight excluding hydrogens is 488 g/mol. The number of ether oxygens (including phenoxy) is 3. The predicted molar refractivity (Wildman–Crippen MR) is 145 cm³/mol. The molecule has 1 saturated carbocycles. The number of aliphatic hydroxyl groups is 3. The molecule has 1 fully saturated rings. The quantitative estimate of drug-likeness (QED) is 0.310. The van der Waals surface area contributed by atoms with Gasteiger partial charge in [0, 0.05) is 29.8 Å². The average Bonchev–Trinajstić information content (AvgIpc) is 3.65. The van der Waals surface area contributed by atoms with Crippen molar-refractivity contribution in [3.8, 4) is 11.6 Å². The van der Waals surface area contributed by atoms with Crippen molar-refractivity contribution in [2.75, 3.05) is 45.2 Å². The number of anilines is 1. The molecule has 1 aromatic carbocycles. The van der Waals surface area contributed by atoms with E-state index in [1.807, 2.05) is 30.1 Å². The normalized spacial score (nSPS) is 16.6. The van der Waals surface area contributed by atoms with Crippen LogP contribution in [0.5, 0.6) is 11.6 Å². The Hall–Kier alpha value is -2.92. The summed E-state index contributed by atoms with van der Waals surface area (Å²) in [5.41, 5.74) is 4.73. The first-order chi connectivity index (χ1) is 18.4. The van der Waals surface area contributed by atoms with Gasteiger partial charge in [-0.3, -0.25) is 0 Å². The highest BCUT2D eigenvalue weighted by Gasteiger charge is 2.25. The van der Waals surface area contributed by atoms with Crippen molar-refractivity contribution >= 4 is 11.6 Å². The first-order valence-corrected chi connectivity index (χ1v) is 13.4. The summed E-state index contributed by atoms with van der Waals surface area (Å²) in [6.07, 6.45) is 4.70. The second kappa shape index (κ2) is 13.2. The van der Waals surface area contributed by atoms with Crippen LogP contribution in [-0.2, 0) is 11.2 Å². The molecule has 10 nitrogen and oxygen atoms in total. The van der Waals surface area contributed by atoms with Gasteiger partial charge in [-0.15, -0.1) is 5.10 Å². The SMILES string of the molecule is CCc1cc(N2COC(c3cc(OC)nc(C4CCCC4)c3)=N2)cc(C)c1OC[C@@H](O)CNC(CO)CO. The zero-order chi connectivity index (χ0) is 27.1. The van der Waals surface area contributed by atoms with E-state index in [0.29, 0.717) is 24.4 Å². The van der Waals surface area contributed by atoms with E-state index in [1.165, 1.54) is 12.8 Å². The number of aliphatic hydroxyl groups excluding tert-OH is 3. The van der Waals surface area contributed by atoms with Gasteiger partial charge >= 0.3 is 0 Å². The summed E-state index contributed by atoms with van der Waals surface area (Å²) in [4.78, 5) is 4.68. The van der Waals surface area contributed by atoms with E-state index in [1.54, 1.807) is 7.11 Å². The zero-order valence-corrected chi connectivity index (χ0v) is 22.5. The Balaban J connectivity index is 1.47. The lowest BCUT2D eigenvalue weighted by Crippen LogP contribution is -2.42. The number of rotatable bonds is 13. The van der Waals surface area contributed by atoms with E-state index in [0.717, 1.165) is 53.1 Å². The number of nitrogens with zero attached hydrogens (tertiary/aromatic N) is 3. The third-order valence-corrected chi connectivity index (χ3v) is 7.10. The number of benzene rings is 1. The molecule has 1 aliphatic carbocycles. The molecule has 4 N–H and O–H groups in total. The fourth-order valence-electron chi connectivity index (χ4n) is 4.92. The fraction of sp³-hybridized carbons (Fsp3) is 0.571. The largest absolute Gasteiger partial charge is 0.490 e. The smallest absolute Gasteiger partial charge is 0.240 e. The third kappa shape index (κ3) is 6.74.